The molecule has 2 N–H and O–H groups in total. The molecule has 0 radical (unpaired) electrons. The quantitative estimate of drug-likeness (QED) is 0.620. The highest BCUT2D eigenvalue weighted by atomic mass is 32.1. The van der Waals surface area contributed by atoms with Crippen molar-refractivity contribution in [2.24, 2.45) is 5.92 Å². The third kappa shape index (κ3) is 4.15. The average molecular weight is 396 g/mol. The maximum Gasteiger partial charge on any atom is 0.338 e. The maximum absolute atomic E-state index is 12.2. The molecule has 2 aromatic carbocycles. The van der Waals surface area contributed by atoms with Crippen LogP contribution in [0.1, 0.15) is 23.2 Å². The van der Waals surface area contributed by atoms with Crippen LogP contribution in [0.15, 0.2) is 42.5 Å². The molecule has 1 aliphatic carbocycles. The number of hydrogen-bond acceptors (Lipinski definition) is 7. The van der Waals surface area contributed by atoms with E-state index in [2.05, 4.69) is 19.4 Å². The van der Waals surface area contributed by atoms with Crippen LogP contribution in [0.25, 0.3) is 11.0 Å². The highest BCUT2D eigenvalue weighted by Crippen LogP contribution is 2.30. The topological polar surface area (TPSA) is 110 Å². The van der Waals surface area contributed by atoms with Crippen LogP contribution in [0.3, 0.4) is 0 Å². The number of fused-ring (bicyclic) bond motifs is 1. The van der Waals surface area contributed by atoms with E-state index in [4.69, 9.17) is 4.74 Å². The molecule has 1 saturated carbocycles. The van der Waals surface area contributed by atoms with E-state index in [-0.39, 0.29) is 17.4 Å². The molecule has 0 atom stereocenters. The summed E-state index contributed by atoms with van der Waals surface area (Å²) in [6.45, 7) is -0.439. The van der Waals surface area contributed by atoms with Crippen LogP contribution in [0, 0.1) is 5.92 Å². The smallest absolute Gasteiger partial charge is 0.338 e. The first-order valence-corrected chi connectivity index (χ1v) is 9.42. The van der Waals surface area contributed by atoms with Crippen LogP contribution in [0.2, 0.25) is 0 Å². The van der Waals surface area contributed by atoms with Gasteiger partial charge in [0.25, 0.3) is 5.91 Å². The van der Waals surface area contributed by atoms with Gasteiger partial charge in [-0.1, -0.05) is 12.1 Å². The van der Waals surface area contributed by atoms with E-state index in [1.807, 2.05) is 0 Å². The minimum Gasteiger partial charge on any atom is -0.452 e. The van der Waals surface area contributed by atoms with E-state index < -0.39 is 18.5 Å². The molecule has 1 heterocycles. The summed E-state index contributed by atoms with van der Waals surface area (Å²) in [5, 5.41) is 5.44. The van der Waals surface area contributed by atoms with Crippen molar-refractivity contribution in [2.45, 2.75) is 12.8 Å². The lowest BCUT2D eigenvalue weighted by Crippen LogP contribution is -2.21. The molecule has 0 spiro atoms. The van der Waals surface area contributed by atoms with E-state index in [1.54, 1.807) is 36.4 Å². The molecular weight excluding hydrogens is 380 g/mol. The van der Waals surface area contributed by atoms with Crippen LogP contribution in [-0.2, 0) is 14.3 Å². The second-order valence-corrected chi connectivity index (χ2v) is 6.93. The van der Waals surface area contributed by atoms with Gasteiger partial charge in [0.2, 0.25) is 5.91 Å². The third-order valence-corrected chi connectivity index (χ3v) is 4.75. The first-order valence-electron chi connectivity index (χ1n) is 8.69. The van der Waals surface area contributed by atoms with Gasteiger partial charge in [0.1, 0.15) is 11.0 Å². The van der Waals surface area contributed by atoms with Crippen molar-refractivity contribution in [3.05, 3.63) is 48.0 Å². The Labute approximate surface area is 164 Å². The first kappa shape index (κ1) is 18.1. The van der Waals surface area contributed by atoms with Crippen molar-refractivity contribution in [1.29, 1.82) is 0 Å². The molecule has 9 heteroatoms. The van der Waals surface area contributed by atoms with Gasteiger partial charge < -0.3 is 15.4 Å². The summed E-state index contributed by atoms with van der Waals surface area (Å²) in [5.74, 6) is -1.11. The number of amides is 2. The molecule has 2 amide bonds. The van der Waals surface area contributed by atoms with Gasteiger partial charge in [-0.15, -0.1) is 0 Å². The van der Waals surface area contributed by atoms with Gasteiger partial charge in [-0.3, -0.25) is 9.59 Å². The molecular formula is C19H16N4O4S. The average Bonchev–Trinajstić information content (AvgIpc) is 3.44. The summed E-state index contributed by atoms with van der Waals surface area (Å²) in [6.07, 6.45) is 1.79. The molecule has 28 heavy (non-hydrogen) atoms. The van der Waals surface area contributed by atoms with Gasteiger partial charge in [-0.05, 0) is 43.2 Å². The molecule has 0 unspecified atom stereocenters. The minimum atomic E-state index is -0.647. The first-order chi connectivity index (χ1) is 13.6. The van der Waals surface area contributed by atoms with Crippen LogP contribution in [0.5, 0.6) is 0 Å². The highest BCUT2D eigenvalue weighted by Gasteiger charge is 2.29. The maximum atomic E-state index is 12.2. The predicted molar refractivity (Wildman–Crippen MR) is 104 cm³/mol. The lowest BCUT2D eigenvalue weighted by molar-refractivity contribution is -0.119. The number of anilines is 2. The molecule has 1 fully saturated rings. The number of nitrogens with zero attached hydrogens (tertiary/aromatic N) is 2. The zero-order chi connectivity index (χ0) is 19.5. The second-order valence-electron chi connectivity index (χ2n) is 6.41. The van der Waals surface area contributed by atoms with Crippen molar-refractivity contribution in [3.8, 4) is 0 Å². The molecule has 0 bridgehead atoms. The standard InChI is InChI=1S/C19H16N4O4S/c24-16(21-14-5-2-6-15-17(14)23-28-22-15)10-27-19(26)12-3-1-4-13(9-12)20-18(25)11-7-8-11/h1-6,9,11H,7-8,10H2,(H,20,25)(H,21,24). The van der Waals surface area contributed by atoms with Crippen LogP contribution < -0.4 is 10.6 Å². The molecule has 1 aliphatic rings. The number of carbonyl (C=O) groups excluding carboxylic acids is 3. The molecule has 8 nitrogen and oxygen atoms in total. The van der Waals surface area contributed by atoms with Crippen LogP contribution >= 0.6 is 11.7 Å². The van der Waals surface area contributed by atoms with E-state index >= 15 is 0 Å². The zero-order valence-corrected chi connectivity index (χ0v) is 15.5. The number of rotatable bonds is 6. The largest absolute Gasteiger partial charge is 0.452 e. The highest BCUT2D eigenvalue weighted by molar-refractivity contribution is 7.00. The van der Waals surface area contributed by atoms with E-state index in [0.717, 1.165) is 24.6 Å². The number of benzene rings is 2. The van der Waals surface area contributed by atoms with Gasteiger partial charge in [0, 0.05) is 11.6 Å². The summed E-state index contributed by atoms with van der Waals surface area (Å²) in [6, 6.07) is 11.7. The Morgan fingerprint density at radius 1 is 1.07 bits per heavy atom. The predicted octanol–water partition coefficient (Wildman–Crippen LogP) is 2.84. The van der Waals surface area contributed by atoms with Gasteiger partial charge in [0.15, 0.2) is 6.61 Å². The number of carbonyl (C=O) groups is 3. The van der Waals surface area contributed by atoms with E-state index in [1.165, 1.54) is 6.07 Å². The Balaban J connectivity index is 1.34. The van der Waals surface area contributed by atoms with Gasteiger partial charge in [-0.2, -0.15) is 8.75 Å². The molecule has 142 valence electrons. The lowest BCUT2D eigenvalue weighted by Gasteiger charge is -2.08. The van der Waals surface area contributed by atoms with Crippen molar-refractivity contribution in [2.75, 3.05) is 17.2 Å². The van der Waals surface area contributed by atoms with Gasteiger partial charge >= 0.3 is 5.97 Å². The summed E-state index contributed by atoms with van der Waals surface area (Å²) in [5.41, 5.74) is 2.57. The van der Waals surface area contributed by atoms with Crippen molar-refractivity contribution in [1.82, 2.24) is 8.75 Å². The van der Waals surface area contributed by atoms with Crippen molar-refractivity contribution >= 4 is 51.9 Å². The normalized spacial score (nSPS) is 13.1. The lowest BCUT2D eigenvalue weighted by atomic mass is 10.2. The third-order valence-electron chi connectivity index (χ3n) is 4.21. The molecule has 1 aromatic heterocycles. The molecule has 0 aliphatic heterocycles. The number of ether oxygens (including phenoxy) is 1. The summed E-state index contributed by atoms with van der Waals surface area (Å²) < 4.78 is 13.3. The zero-order valence-electron chi connectivity index (χ0n) is 14.7. The van der Waals surface area contributed by atoms with Crippen molar-refractivity contribution < 1.29 is 19.1 Å². The van der Waals surface area contributed by atoms with E-state index in [9.17, 15) is 14.4 Å². The van der Waals surface area contributed by atoms with Crippen LogP contribution in [-0.4, -0.2) is 33.1 Å². The molecule has 3 aromatic rings. The number of nitrogens with one attached hydrogen (secondary N) is 2. The fraction of sp³-hybridized carbons (Fsp3) is 0.211. The fourth-order valence-corrected chi connectivity index (χ4v) is 3.17. The monoisotopic (exact) mass is 396 g/mol. The number of aromatic nitrogens is 2. The van der Waals surface area contributed by atoms with Gasteiger partial charge in [0.05, 0.1) is 23.0 Å². The Morgan fingerprint density at radius 2 is 1.89 bits per heavy atom. The Bertz CT molecular complexity index is 1060. The minimum absolute atomic E-state index is 0.0457. The Hall–Kier alpha value is -3.33. The number of hydrogen-bond donors (Lipinski definition) is 2. The van der Waals surface area contributed by atoms with Crippen LogP contribution in [0.4, 0.5) is 11.4 Å². The SMILES string of the molecule is O=C(COC(=O)c1cccc(NC(=O)C2CC2)c1)Nc1cccc2nsnc12. The number of esters is 1. The second kappa shape index (κ2) is 7.73. The van der Waals surface area contributed by atoms with Gasteiger partial charge in [-0.25, -0.2) is 4.79 Å². The Morgan fingerprint density at radius 3 is 2.71 bits per heavy atom. The van der Waals surface area contributed by atoms with E-state index in [0.29, 0.717) is 22.4 Å². The summed E-state index contributed by atoms with van der Waals surface area (Å²) >= 11 is 1.05. The van der Waals surface area contributed by atoms with Crippen molar-refractivity contribution in [3.63, 3.8) is 0 Å². The summed E-state index contributed by atoms with van der Waals surface area (Å²) in [4.78, 5) is 36.2. The molecule has 0 saturated heterocycles. The fourth-order valence-electron chi connectivity index (χ4n) is 2.62. The summed E-state index contributed by atoms with van der Waals surface area (Å²) in [7, 11) is 0. The Kier molecular flexibility index (Phi) is 4.98. The molecule has 4 rings (SSSR count).